The summed E-state index contributed by atoms with van der Waals surface area (Å²) in [6, 6.07) is 13.8. The molecule has 4 rings (SSSR count). The van der Waals surface area contributed by atoms with Crippen molar-refractivity contribution in [1.29, 1.82) is 0 Å². The Kier molecular flexibility index (Phi) is 4.47. The molecule has 1 amide bonds. The Morgan fingerprint density at radius 2 is 1.76 bits per heavy atom. The predicted molar refractivity (Wildman–Crippen MR) is 108 cm³/mol. The second-order valence-corrected chi connectivity index (χ2v) is 6.97. The molecule has 0 spiro atoms. The van der Waals surface area contributed by atoms with Gasteiger partial charge in [0, 0.05) is 5.56 Å². The van der Waals surface area contributed by atoms with Gasteiger partial charge in [-0.1, -0.05) is 24.3 Å². The molecule has 6 nitrogen and oxygen atoms in total. The molecule has 0 saturated carbocycles. The van der Waals surface area contributed by atoms with Gasteiger partial charge in [-0.3, -0.25) is 14.5 Å². The van der Waals surface area contributed by atoms with Crippen LogP contribution in [0.25, 0.3) is 5.76 Å². The van der Waals surface area contributed by atoms with Crippen LogP contribution in [0.4, 0.5) is 5.69 Å². The van der Waals surface area contributed by atoms with E-state index in [1.54, 1.807) is 36.4 Å². The minimum atomic E-state index is -1.00. The van der Waals surface area contributed by atoms with Crippen LogP contribution in [0.15, 0.2) is 70.9 Å². The first-order valence-corrected chi connectivity index (χ1v) is 9.10. The third-order valence-corrected chi connectivity index (χ3v) is 5.18. The zero-order valence-corrected chi connectivity index (χ0v) is 15.9. The van der Waals surface area contributed by atoms with Crippen molar-refractivity contribution in [2.75, 3.05) is 4.90 Å². The highest BCUT2D eigenvalue weighted by Gasteiger charge is 2.49. The van der Waals surface area contributed by atoms with Crippen LogP contribution < -0.4 is 4.90 Å². The van der Waals surface area contributed by atoms with Gasteiger partial charge in [-0.05, 0) is 55.3 Å². The van der Waals surface area contributed by atoms with Gasteiger partial charge in [0.05, 0.1) is 17.5 Å². The molecule has 1 unspecified atom stereocenters. The van der Waals surface area contributed by atoms with Crippen molar-refractivity contribution in [3.63, 3.8) is 0 Å². The third kappa shape index (κ3) is 2.99. The van der Waals surface area contributed by atoms with Crippen molar-refractivity contribution < 1.29 is 24.2 Å². The summed E-state index contributed by atoms with van der Waals surface area (Å²) in [6.45, 7) is 3.84. The highest BCUT2D eigenvalue weighted by Crippen LogP contribution is 2.44. The Morgan fingerprint density at radius 3 is 2.41 bits per heavy atom. The molecule has 1 atom stereocenters. The highest BCUT2D eigenvalue weighted by molar-refractivity contribution is 6.51. The minimum absolute atomic E-state index is 0.0866. The van der Waals surface area contributed by atoms with E-state index in [1.165, 1.54) is 18.4 Å². The summed E-state index contributed by atoms with van der Waals surface area (Å²) in [5.74, 6) is -1.83. The molecule has 1 saturated heterocycles. The van der Waals surface area contributed by atoms with E-state index in [-0.39, 0.29) is 22.8 Å². The lowest BCUT2D eigenvalue weighted by atomic mass is 9.97. The average Bonchev–Trinajstić information content (AvgIpc) is 3.32. The van der Waals surface area contributed by atoms with E-state index in [2.05, 4.69) is 0 Å². The Bertz CT molecular complexity index is 1140. The molecular formula is C23H19NO5. The Balaban J connectivity index is 1.95. The van der Waals surface area contributed by atoms with Crippen LogP contribution >= 0.6 is 0 Å². The number of aliphatic hydroxyl groups is 1. The predicted octanol–water partition coefficient (Wildman–Crippen LogP) is 4.23. The molecule has 0 aliphatic carbocycles. The standard InChI is InChI=1S/C23H19NO5/c1-13-9-10-15(12-14(13)2)21(26)19-20(18-8-5-11-29-18)24(23(28)22(19)27)16-6-3-4-7-17(16)25/h3-12,20,25-26H,1-2H3/b21-19-. The molecule has 1 aliphatic rings. The maximum absolute atomic E-state index is 12.9. The molecule has 2 N–H and O–H groups in total. The number of para-hydroxylation sites is 2. The number of anilines is 1. The number of hydrogen-bond donors (Lipinski definition) is 2. The topological polar surface area (TPSA) is 91.0 Å². The van der Waals surface area contributed by atoms with E-state index in [4.69, 9.17) is 4.42 Å². The van der Waals surface area contributed by atoms with Gasteiger partial charge in [0.25, 0.3) is 11.7 Å². The Labute approximate surface area is 167 Å². The number of furan rings is 1. The SMILES string of the molecule is Cc1ccc(/C(O)=C2/C(=O)C(=O)N(c3ccccc3O)C2c2ccco2)cc1C. The van der Waals surface area contributed by atoms with Gasteiger partial charge in [0.2, 0.25) is 0 Å². The van der Waals surface area contributed by atoms with Crippen LogP contribution in [0, 0.1) is 13.8 Å². The maximum atomic E-state index is 12.9. The van der Waals surface area contributed by atoms with Crippen LogP contribution in [0.1, 0.15) is 28.5 Å². The van der Waals surface area contributed by atoms with E-state index < -0.39 is 17.7 Å². The number of carbonyl (C=O) groups excluding carboxylic acids is 2. The van der Waals surface area contributed by atoms with Crippen molar-refractivity contribution in [3.05, 3.63) is 88.9 Å². The number of benzene rings is 2. The largest absolute Gasteiger partial charge is 0.507 e. The summed E-state index contributed by atoms with van der Waals surface area (Å²) in [5, 5.41) is 21.3. The fourth-order valence-electron chi connectivity index (χ4n) is 3.51. The number of rotatable bonds is 3. The summed E-state index contributed by atoms with van der Waals surface area (Å²) in [6.07, 6.45) is 1.43. The molecule has 3 aromatic rings. The number of aromatic hydroxyl groups is 1. The molecule has 29 heavy (non-hydrogen) atoms. The Morgan fingerprint density at radius 1 is 1.00 bits per heavy atom. The van der Waals surface area contributed by atoms with Gasteiger partial charge in [-0.15, -0.1) is 0 Å². The number of aliphatic hydroxyl groups excluding tert-OH is 1. The number of amides is 1. The molecule has 0 radical (unpaired) electrons. The number of carbonyl (C=O) groups is 2. The van der Waals surface area contributed by atoms with Crippen LogP contribution in [0.2, 0.25) is 0 Å². The number of hydrogen-bond acceptors (Lipinski definition) is 5. The first-order valence-electron chi connectivity index (χ1n) is 9.10. The molecule has 0 bridgehead atoms. The first kappa shape index (κ1) is 18.6. The van der Waals surface area contributed by atoms with Crippen molar-refractivity contribution in [2.24, 2.45) is 0 Å². The fraction of sp³-hybridized carbons (Fsp3) is 0.130. The zero-order chi connectivity index (χ0) is 20.7. The molecule has 1 aromatic heterocycles. The number of ketones is 1. The second-order valence-electron chi connectivity index (χ2n) is 6.97. The van der Waals surface area contributed by atoms with E-state index in [0.717, 1.165) is 16.0 Å². The molecule has 1 fully saturated rings. The lowest BCUT2D eigenvalue weighted by Gasteiger charge is -2.24. The number of nitrogens with zero attached hydrogens (tertiary/aromatic N) is 1. The number of phenols is 1. The van der Waals surface area contributed by atoms with Gasteiger partial charge in [-0.25, -0.2) is 0 Å². The van der Waals surface area contributed by atoms with Gasteiger partial charge in [0.1, 0.15) is 23.3 Å². The zero-order valence-electron chi connectivity index (χ0n) is 15.9. The van der Waals surface area contributed by atoms with Crippen LogP contribution in [-0.2, 0) is 9.59 Å². The molecule has 2 aromatic carbocycles. The van der Waals surface area contributed by atoms with Gasteiger partial charge in [0.15, 0.2) is 0 Å². The van der Waals surface area contributed by atoms with Gasteiger partial charge >= 0.3 is 0 Å². The second kappa shape index (κ2) is 6.98. The summed E-state index contributed by atoms with van der Waals surface area (Å²) in [7, 11) is 0. The summed E-state index contributed by atoms with van der Waals surface area (Å²) in [5.41, 5.74) is 2.49. The monoisotopic (exact) mass is 389 g/mol. The quantitative estimate of drug-likeness (QED) is 0.397. The molecule has 1 aliphatic heterocycles. The van der Waals surface area contributed by atoms with Crippen molar-refractivity contribution in [3.8, 4) is 5.75 Å². The lowest BCUT2D eigenvalue weighted by Crippen LogP contribution is -2.29. The maximum Gasteiger partial charge on any atom is 0.300 e. The summed E-state index contributed by atoms with van der Waals surface area (Å²) >= 11 is 0. The van der Waals surface area contributed by atoms with Crippen molar-refractivity contribution in [2.45, 2.75) is 19.9 Å². The lowest BCUT2D eigenvalue weighted by molar-refractivity contribution is -0.132. The normalized spacial score (nSPS) is 18.4. The van der Waals surface area contributed by atoms with E-state index in [1.807, 2.05) is 19.9 Å². The van der Waals surface area contributed by atoms with Gasteiger partial charge < -0.3 is 14.6 Å². The number of phenolic OH excluding ortho intramolecular Hbond substituents is 1. The summed E-state index contributed by atoms with van der Waals surface area (Å²) in [4.78, 5) is 27.0. The number of aryl methyl sites for hydroxylation is 2. The molecule has 146 valence electrons. The highest BCUT2D eigenvalue weighted by atomic mass is 16.3. The van der Waals surface area contributed by atoms with Gasteiger partial charge in [-0.2, -0.15) is 0 Å². The van der Waals surface area contributed by atoms with E-state index in [9.17, 15) is 19.8 Å². The first-order chi connectivity index (χ1) is 13.9. The third-order valence-electron chi connectivity index (χ3n) is 5.18. The molecule has 2 heterocycles. The fourth-order valence-corrected chi connectivity index (χ4v) is 3.51. The molecular weight excluding hydrogens is 370 g/mol. The summed E-state index contributed by atoms with van der Waals surface area (Å²) < 4.78 is 5.49. The average molecular weight is 389 g/mol. The van der Waals surface area contributed by atoms with E-state index in [0.29, 0.717) is 11.3 Å². The van der Waals surface area contributed by atoms with Crippen LogP contribution in [0.5, 0.6) is 5.75 Å². The Hall–Kier alpha value is -3.80. The smallest absolute Gasteiger partial charge is 0.300 e. The van der Waals surface area contributed by atoms with Crippen molar-refractivity contribution >= 4 is 23.1 Å². The number of Topliss-reactive ketones (excluding diaryl/α,β-unsaturated/α-hetero) is 1. The van der Waals surface area contributed by atoms with Crippen LogP contribution in [-0.4, -0.2) is 21.9 Å². The molecule has 6 heteroatoms. The minimum Gasteiger partial charge on any atom is -0.507 e. The van der Waals surface area contributed by atoms with Crippen molar-refractivity contribution in [1.82, 2.24) is 0 Å². The van der Waals surface area contributed by atoms with Crippen LogP contribution in [0.3, 0.4) is 0 Å². The van der Waals surface area contributed by atoms with E-state index >= 15 is 0 Å².